The lowest BCUT2D eigenvalue weighted by Crippen LogP contribution is -2.47. The van der Waals surface area contributed by atoms with Gasteiger partial charge in [-0.1, -0.05) is 89.1 Å². The van der Waals surface area contributed by atoms with Crippen molar-refractivity contribution in [2.75, 3.05) is 6.61 Å². The first-order valence-corrected chi connectivity index (χ1v) is 12.7. The van der Waals surface area contributed by atoms with E-state index in [0.29, 0.717) is 19.3 Å². The summed E-state index contributed by atoms with van der Waals surface area (Å²) in [5, 5.41) is 5.92. The summed E-state index contributed by atoms with van der Waals surface area (Å²) >= 11 is 0. The largest absolute Gasteiger partial charge is 0.462 e. The third-order valence-corrected chi connectivity index (χ3v) is 6.16. The zero-order valence-electron chi connectivity index (χ0n) is 20.4. The molecule has 0 bridgehead atoms. The number of hydrogen-bond donors (Lipinski definition) is 2. The topological polar surface area (TPSA) is 84.5 Å². The van der Waals surface area contributed by atoms with Gasteiger partial charge >= 0.3 is 5.97 Å². The highest BCUT2D eigenvalue weighted by atomic mass is 16.5. The molecule has 0 spiro atoms. The van der Waals surface area contributed by atoms with Crippen molar-refractivity contribution in [1.29, 1.82) is 0 Å². The molecule has 0 saturated carbocycles. The van der Waals surface area contributed by atoms with Gasteiger partial charge in [0.15, 0.2) is 0 Å². The Labute approximate surface area is 199 Å². The van der Waals surface area contributed by atoms with E-state index in [1.54, 1.807) is 0 Å². The van der Waals surface area contributed by atoms with Crippen molar-refractivity contribution in [3.05, 3.63) is 35.9 Å². The number of hydrogen-bond acceptors (Lipinski definition) is 4. The summed E-state index contributed by atoms with van der Waals surface area (Å²) in [6.07, 6.45) is 11.2. The molecule has 0 radical (unpaired) electrons. The molecular formula is C27H42N2O4. The fourth-order valence-corrected chi connectivity index (χ4v) is 4.17. The van der Waals surface area contributed by atoms with Crippen LogP contribution in [0.5, 0.6) is 0 Å². The van der Waals surface area contributed by atoms with Gasteiger partial charge in [-0.05, 0) is 30.7 Å². The van der Waals surface area contributed by atoms with E-state index in [-0.39, 0.29) is 30.4 Å². The van der Waals surface area contributed by atoms with E-state index in [9.17, 15) is 14.4 Å². The molecule has 184 valence electrons. The molecule has 1 aromatic rings. The lowest BCUT2D eigenvalue weighted by atomic mass is 10.0. The predicted molar refractivity (Wildman–Crippen MR) is 131 cm³/mol. The van der Waals surface area contributed by atoms with Gasteiger partial charge in [0.1, 0.15) is 12.6 Å². The van der Waals surface area contributed by atoms with Crippen molar-refractivity contribution in [2.45, 2.75) is 103 Å². The fraction of sp³-hybridized carbons (Fsp3) is 0.667. The van der Waals surface area contributed by atoms with Gasteiger partial charge in [-0.2, -0.15) is 0 Å². The summed E-state index contributed by atoms with van der Waals surface area (Å²) in [5.41, 5.74) is 1.07. The van der Waals surface area contributed by atoms with E-state index in [4.69, 9.17) is 4.74 Å². The Morgan fingerprint density at radius 2 is 1.30 bits per heavy atom. The van der Waals surface area contributed by atoms with E-state index < -0.39 is 12.0 Å². The number of amides is 2. The third-order valence-electron chi connectivity index (χ3n) is 6.16. The van der Waals surface area contributed by atoms with Crippen LogP contribution in [0.4, 0.5) is 0 Å². The number of nitrogens with one attached hydrogen (secondary N) is 2. The Balaban J connectivity index is 2.04. The number of carbonyl (C=O) groups is 3. The number of cyclic esters (lactones) is 1. The van der Waals surface area contributed by atoms with Crippen molar-refractivity contribution < 1.29 is 19.1 Å². The Kier molecular flexibility index (Phi) is 12.6. The normalized spacial score (nSPS) is 23.3. The van der Waals surface area contributed by atoms with Gasteiger partial charge in [0, 0.05) is 12.8 Å². The van der Waals surface area contributed by atoms with Crippen LogP contribution in [0.15, 0.2) is 30.3 Å². The highest BCUT2D eigenvalue weighted by Crippen LogP contribution is 2.13. The molecule has 1 aromatic carbocycles. The van der Waals surface area contributed by atoms with Crippen molar-refractivity contribution in [2.24, 2.45) is 5.92 Å². The Morgan fingerprint density at radius 3 is 1.85 bits per heavy atom. The maximum Gasteiger partial charge on any atom is 0.328 e. The van der Waals surface area contributed by atoms with Gasteiger partial charge in [0.25, 0.3) is 0 Å². The Hall–Kier alpha value is -2.37. The molecule has 2 N–H and O–H groups in total. The zero-order valence-corrected chi connectivity index (χ0v) is 20.4. The first-order valence-electron chi connectivity index (χ1n) is 12.7. The third kappa shape index (κ3) is 11.4. The smallest absolute Gasteiger partial charge is 0.328 e. The van der Waals surface area contributed by atoms with Crippen LogP contribution in [0.25, 0.3) is 0 Å². The van der Waals surface area contributed by atoms with Crippen molar-refractivity contribution in [3.8, 4) is 0 Å². The highest BCUT2D eigenvalue weighted by Gasteiger charge is 2.26. The quantitative estimate of drug-likeness (QED) is 0.643. The van der Waals surface area contributed by atoms with Crippen LogP contribution in [0.2, 0.25) is 0 Å². The van der Waals surface area contributed by atoms with Crippen LogP contribution < -0.4 is 10.6 Å². The molecule has 1 saturated heterocycles. The van der Waals surface area contributed by atoms with E-state index in [1.807, 2.05) is 44.2 Å². The van der Waals surface area contributed by atoms with E-state index >= 15 is 0 Å². The molecule has 0 unspecified atom stereocenters. The van der Waals surface area contributed by atoms with Gasteiger partial charge in [-0.15, -0.1) is 0 Å². The van der Waals surface area contributed by atoms with Gasteiger partial charge < -0.3 is 15.4 Å². The number of carbonyl (C=O) groups excluding carboxylic acids is 3. The number of benzene rings is 1. The van der Waals surface area contributed by atoms with Gasteiger partial charge in [0.05, 0.1) is 6.04 Å². The standard InChI is InChI=1S/C27H42N2O4/c1-21(2)26-27(32)33-20-23(19-22-15-11-10-12-16-22)28-24(30)17-13-8-6-4-3-5-7-9-14-18-25(31)29-26/h10-12,15-16,21,23,26H,3-9,13-14,17-20H2,1-2H3,(H,28,30)(H,29,31)/t23-,26-/m1/s1. The second-order valence-electron chi connectivity index (χ2n) is 9.56. The average Bonchev–Trinajstić information content (AvgIpc) is 2.79. The Bertz CT molecular complexity index is 720. The summed E-state index contributed by atoms with van der Waals surface area (Å²) in [5.74, 6) is -0.633. The van der Waals surface area contributed by atoms with E-state index in [1.165, 1.54) is 19.3 Å². The monoisotopic (exact) mass is 458 g/mol. The second kappa shape index (κ2) is 15.5. The molecule has 6 heteroatoms. The van der Waals surface area contributed by atoms with Crippen LogP contribution in [0, 0.1) is 5.92 Å². The first-order chi connectivity index (χ1) is 16.0. The van der Waals surface area contributed by atoms with Gasteiger partial charge in [0.2, 0.25) is 11.8 Å². The minimum Gasteiger partial charge on any atom is -0.462 e. The van der Waals surface area contributed by atoms with Crippen LogP contribution in [0.1, 0.15) is 90.0 Å². The van der Waals surface area contributed by atoms with Crippen molar-refractivity contribution in [3.63, 3.8) is 0 Å². The minimum absolute atomic E-state index is 0.00454. The summed E-state index contributed by atoms with van der Waals surface area (Å²) in [6, 6.07) is 8.88. The lowest BCUT2D eigenvalue weighted by Gasteiger charge is -2.24. The molecule has 2 atom stereocenters. The molecular weight excluding hydrogens is 416 g/mol. The molecule has 2 amide bonds. The highest BCUT2D eigenvalue weighted by molar-refractivity contribution is 5.84. The molecule has 33 heavy (non-hydrogen) atoms. The second-order valence-corrected chi connectivity index (χ2v) is 9.56. The first kappa shape index (κ1) is 26.9. The summed E-state index contributed by atoms with van der Waals surface area (Å²) < 4.78 is 5.61. The lowest BCUT2D eigenvalue weighted by molar-refractivity contribution is -0.150. The average molecular weight is 459 g/mol. The van der Waals surface area contributed by atoms with Crippen molar-refractivity contribution in [1.82, 2.24) is 10.6 Å². The SMILES string of the molecule is CC(C)[C@H]1NC(=O)CCCCCCCCCCCC(=O)N[C@H](Cc2ccccc2)COC1=O. The molecule has 0 aromatic heterocycles. The number of esters is 1. The molecule has 1 fully saturated rings. The van der Waals surface area contributed by atoms with Crippen LogP contribution in [0.3, 0.4) is 0 Å². The summed E-state index contributed by atoms with van der Waals surface area (Å²) in [6.45, 7) is 3.88. The molecule has 2 rings (SSSR count). The van der Waals surface area contributed by atoms with E-state index in [0.717, 1.165) is 44.1 Å². The number of rotatable bonds is 3. The maximum atomic E-state index is 12.8. The van der Waals surface area contributed by atoms with Crippen LogP contribution >= 0.6 is 0 Å². The van der Waals surface area contributed by atoms with Crippen LogP contribution in [-0.4, -0.2) is 36.5 Å². The fourth-order valence-electron chi connectivity index (χ4n) is 4.17. The predicted octanol–water partition coefficient (Wildman–Crippen LogP) is 4.70. The number of ether oxygens (including phenoxy) is 1. The Morgan fingerprint density at radius 1 is 0.788 bits per heavy atom. The maximum absolute atomic E-state index is 12.8. The zero-order chi connectivity index (χ0) is 23.9. The molecule has 1 aliphatic heterocycles. The summed E-state index contributed by atoms with van der Waals surface area (Å²) in [7, 11) is 0. The van der Waals surface area contributed by atoms with Gasteiger partial charge in [-0.25, -0.2) is 4.79 Å². The van der Waals surface area contributed by atoms with E-state index in [2.05, 4.69) is 10.6 Å². The minimum atomic E-state index is -0.684. The van der Waals surface area contributed by atoms with Crippen LogP contribution in [-0.2, 0) is 25.5 Å². The van der Waals surface area contributed by atoms with Gasteiger partial charge in [-0.3, -0.25) is 9.59 Å². The molecule has 0 aliphatic carbocycles. The van der Waals surface area contributed by atoms with Crippen molar-refractivity contribution >= 4 is 17.8 Å². The molecule has 1 aliphatic rings. The molecule has 6 nitrogen and oxygen atoms in total. The molecule has 1 heterocycles. The summed E-state index contributed by atoms with van der Waals surface area (Å²) in [4.78, 5) is 37.7.